The molecule has 0 unspecified atom stereocenters. The van der Waals surface area contributed by atoms with Crippen LogP contribution in [0.3, 0.4) is 0 Å². The van der Waals surface area contributed by atoms with Gasteiger partial charge in [-0.2, -0.15) is 0 Å². The molecule has 2 aromatic carbocycles. The number of rotatable bonds is 3. The van der Waals surface area contributed by atoms with Crippen molar-refractivity contribution in [3.05, 3.63) is 54.1 Å². The first-order chi connectivity index (χ1) is 9.70. The van der Waals surface area contributed by atoms with Gasteiger partial charge in [0.1, 0.15) is 17.1 Å². The lowest BCUT2D eigenvalue weighted by atomic mass is 10.0. The van der Waals surface area contributed by atoms with Gasteiger partial charge in [-0.25, -0.2) is 0 Å². The highest BCUT2D eigenvalue weighted by molar-refractivity contribution is 6.12. The van der Waals surface area contributed by atoms with Crippen LogP contribution >= 0.6 is 0 Å². The second kappa shape index (κ2) is 4.85. The first kappa shape index (κ1) is 12.5. The van der Waals surface area contributed by atoms with E-state index in [4.69, 9.17) is 4.42 Å². The number of aromatic hydroxyl groups is 1. The number of hydrogen-bond donors (Lipinski definition) is 1. The lowest BCUT2D eigenvalue weighted by molar-refractivity contribution is 0.0989. The zero-order valence-electron chi connectivity index (χ0n) is 11.1. The van der Waals surface area contributed by atoms with Gasteiger partial charge in [0.15, 0.2) is 5.78 Å². The Balaban J connectivity index is 2.29. The normalized spacial score (nSPS) is 10.8. The molecule has 0 amide bonds. The van der Waals surface area contributed by atoms with E-state index < -0.39 is 0 Å². The number of carbonyl (C=O) groups is 1. The Morgan fingerprint density at radius 1 is 1.10 bits per heavy atom. The molecule has 0 radical (unpaired) electrons. The number of para-hydroxylation sites is 1. The number of Topliss-reactive ketones (excluding diaryl/α,β-unsaturated/α-hetero) is 1. The first-order valence-corrected chi connectivity index (χ1v) is 6.55. The van der Waals surface area contributed by atoms with Gasteiger partial charge in [-0.1, -0.05) is 25.1 Å². The smallest absolute Gasteiger partial charge is 0.167 e. The molecule has 0 saturated heterocycles. The van der Waals surface area contributed by atoms with Crippen molar-refractivity contribution in [2.24, 2.45) is 0 Å². The monoisotopic (exact) mass is 266 g/mol. The van der Waals surface area contributed by atoms with Crippen LogP contribution < -0.4 is 0 Å². The van der Waals surface area contributed by atoms with E-state index in [0.717, 1.165) is 10.9 Å². The topological polar surface area (TPSA) is 50.4 Å². The predicted octanol–water partition coefficient (Wildman–Crippen LogP) is 4.40. The minimum absolute atomic E-state index is 0.0537. The van der Waals surface area contributed by atoms with E-state index in [2.05, 4.69) is 0 Å². The first-order valence-electron chi connectivity index (χ1n) is 6.55. The molecule has 100 valence electrons. The minimum atomic E-state index is 0.0537. The van der Waals surface area contributed by atoms with Gasteiger partial charge in [0.2, 0.25) is 0 Å². The Kier molecular flexibility index (Phi) is 3.03. The molecule has 1 heterocycles. The van der Waals surface area contributed by atoms with Gasteiger partial charge in [-0.15, -0.1) is 0 Å². The van der Waals surface area contributed by atoms with Crippen molar-refractivity contribution in [2.45, 2.75) is 13.3 Å². The number of phenols is 1. The van der Waals surface area contributed by atoms with Crippen molar-refractivity contribution in [1.82, 2.24) is 0 Å². The highest BCUT2D eigenvalue weighted by Gasteiger charge is 2.20. The van der Waals surface area contributed by atoms with E-state index in [0.29, 0.717) is 23.3 Å². The van der Waals surface area contributed by atoms with Gasteiger partial charge in [-0.05, 0) is 30.3 Å². The van der Waals surface area contributed by atoms with Crippen LogP contribution in [0.1, 0.15) is 23.7 Å². The third-order valence-corrected chi connectivity index (χ3v) is 3.32. The summed E-state index contributed by atoms with van der Waals surface area (Å²) in [6.45, 7) is 1.84. The second-order valence-corrected chi connectivity index (χ2v) is 4.63. The molecule has 0 aliphatic carbocycles. The van der Waals surface area contributed by atoms with Crippen LogP contribution in [0, 0.1) is 0 Å². The second-order valence-electron chi connectivity index (χ2n) is 4.63. The van der Waals surface area contributed by atoms with Gasteiger partial charge in [-0.3, -0.25) is 4.79 Å². The average molecular weight is 266 g/mol. The number of furan rings is 1. The van der Waals surface area contributed by atoms with E-state index in [1.807, 2.05) is 31.2 Å². The lowest BCUT2D eigenvalue weighted by Crippen LogP contribution is -1.97. The maximum absolute atomic E-state index is 12.2. The summed E-state index contributed by atoms with van der Waals surface area (Å²) in [7, 11) is 0. The van der Waals surface area contributed by atoms with E-state index >= 15 is 0 Å². The molecular weight excluding hydrogens is 252 g/mol. The third-order valence-electron chi connectivity index (χ3n) is 3.32. The van der Waals surface area contributed by atoms with E-state index in [9.17, 15) is 9.90 Å². The molecule has 3 heteroatoms. The van der Waals surface area contributed by atoms with Crippen molar-refractivity contribution in [3.8, 4) is 17.1 Å². The van der Waals surface area contributed by atoms with Crippen LogP contribution in [-0.2, 0) is 0 Å². The Labute approximate surface area is 116 Å². The van der Waals surface area contributed by atoms with E-state index in [1.54, 1.807) is 24.3 Å². The molecule has 0 spiro atoms. The summed E-state index contributed by atoms with van der Waals surface area (Å²) in [6.07, 6.45) is 0.425. The number of phenolic OH excluding ortho intramolecular Hbond substituents is 1. The van der Waals surface area contributed by atoms with Crippen molar-refractivity contribution in [3.63, 3.8) is 0 Å². The molecule has 1 aromatic heterocycles. The summed E-state index contributed by atoms with van der Waals surface area (Å²) in [6, 6.07) is 14.2. The number of hydrogen-bond acceptors (Lipinski definition) is 3. The quantitative estimate of drug-likeness (QED) is 0.715. The van der Waals surface area contributed by atoms with Gasteiger partial charge >= 0.3 is 0 Å². The Hall–Kier alpha value is -2.55. The number of ketones is 1. The van der Waals surface area contributed by atoms with Crippen molar-refractivity contribution < 1.29 is 14.3 Å². The molecule has 3 rings (SSSR count). The molecular formula is C17H14O3. The number of benzene rings is 2. The third kappa shape index (κ3) is 1.97. The van der Waals surface area contributed by atoms with Crippen LogP contribution in [0.4, 0.5) is 0 Å². The minimum Gasteiger partial charge on any atom is -0.508 e. The summed E-state index contributed by atoms with van der Waals surface area (Å²) >= 11 is 0. The highest BCUT2D eigenvalue weighted by Crippen LogP contribution is 2.34. The molecule has 0 saturated carbocycles. The predicted molar refractivity (Wildman–Crippen MR) is 77.9 cm³/mol. The molecule has 3 nitrogen and oxygen atoms in total. The molecule has 1 N–H and O–H groups in total. The van der Waals surface area contributed by atoms with Crippen molar-refractivity contribution in [1.29, 1.82) is 0 Å². The van der Waals surface area contributed by atoms with Crippen LogP contribution in [0.15, 0.2) is 52.9 Å². The van der Waals surface area contributed by atoms with Crippen molar-refractivity contribution in [2.75, 3.05) is 0 Å². The Morgan fingerprint density at radius 3 is 2.50 bits per heavy atom. The van der Waals surface area contributed by atoms with Gasteiger partial charge in [0.05, 0.1) is 5.56 Å². The molecule has 0 aliphatic heterocycles. The molecule has 0 atom stereocenters. The fourth-order valence-corrected chi connectivity index (χ4v) is 2.32. The molecule has 20 heavy (non-hydrogen) atoms. The summed E-state index contributed by atoms with van der Waals surface area (Å²) in [5.41, 5.74) is 2.11. The van der Waals surface area contributed by atoms with E-state index in [-0.39, 0.29) is 11.5 Å². The summed E-state index contributed by atoms with van der Waals surface area (Å²) in [5.74, 6) is 0.810. The van der Waals surface area contributed by atoms with Gasteiger partial charge in [0.25, 0.3) is 0 Å². The van der Waals surface area contributed by atoms with Gasteiger partial charge in [0, 0.05) is 17.4 Å². The van der Waals surface area contributed by atoms with Crippen LogP contribution in [0.25, 0.3) is 22.3 Å². The maximum atomic E-state index is 12.2. The zero-order chi connectivity index (χ0) is 14.1. The standard InChI is InChI=1S/C17H14O3/c1-2-14(19)16-13-5-3-4-6-15(13)20-17(16)11-7-9-12(18)10-8-11/h3-10,18H,2H2,1H3. The van der Waals surface area contributed by atoms with Crippen LogP contribution in [0.5, 0.6) is 5.75 Å². The SMILES string of the molecule is CCC(=O)c1c(-c2ccc(O)cc2)oc2ccccc12. The zero-order valence-corrected chi connectivity index (χ0v) is 11.1. The Morgan fingerprint density at radius 2 is 1.80 bits per heavy atom. The number of fused-ring (bicyclic) bond motifs is 1. The van der Waals surface area contributed by atoms with Gasteiger partial charge < -0.3 is 9.52 Å². The number of carbonyl (C=O) groups excluding carboxylic acids is 1. The summed E-state index contributed by atoms with van der Waals surface area (Å²) in [5, 5.41) is 10.2. The fourth-order valence-electron chi connectivity index (χ4n) is 2.32. The summed E-state index contributed by atoms with van der Waals surface area (Å²) < 4.78 is 5.85. The lowest BCUT2D eigenvalue weighted by Gasteiger charge is -2.01. The average Bonchev–Trinajstić information content (AvgIpc) is 2.86. The summed E-state index contributed by atoms with van der Waals surface area (Å²) in [4.78, 5) is 12.2. The van der Waals surface area contributed by atoms with Crippen LogP contribution in [-0.4, -0.2) is 10.9 Å². The molecule has 0 fully saturated rings. The van der Waals surface area contributed by atoms with Crippen molar-refractivity contribution >= 4 is 16.8 Å². The Bertz CT molecular complexity index is 767. The van der Waals surface area contributed by atoms with Crippen LogP contribution in [0.2, 0.25) is 0 Å². The molecule has 0 aliphatic rings. The molecule has 3 aromatic rings. The largest absolute Gasteiger partial charge is 0.508 e. The highest BCUT2D eigenvalue weighted by atomic mass is 16.3. The molecule has 0 bridgehead atoms. The van der Waals surface area contributed by atoms with E-state index in [1.165, 1.54) is 0 Å². The fraction of sp³-hybridized carbons (Fsp3) is 0.118. The maximum Gasteiger partial charge on any atom is 0.167 e.